The van der Waals surface area contributed by atoms with Crippen LogP contribution in [-0.2, 0) is 14.3 Å². The second-order valence-corrected chi connectivity index (χ2v) is 6.63. The Balaban J connectivity index is 0. The number of amides is 2. The molecule has 1 heterocycles. The number of ether oxygens (including phenoxy) is 1. The van der Waals surface area contributed by atoms with Crippen LogP contribution in [-0.4, -0.2) is 47.4 Å². The van der Waals surface area contributed by atoms with Gasteiger partial charge in [0.15, 0.2) is 5.78 Å². The molecule has 23 heavy (non-hydrogen) atoms. The molecule has 0 bridgehead atoms. The molecule has 0 aromatic carbocycles. The van der Waals surface area contributed by atoms with Gasteiger partial charge in [0.2, 0.25) is 5.91 Å². The van der Waals surface area contributed by atoms with Crippen molar-refractivity contribution in [2.24, 2.45) is 0 Å². The Hall–Kier alpha value is -1.59. The molecule has 0 spiro atoms. The number of ketones is 1. The molecule has 0 aromatic heterocycles. The van der Waals surface area contributed by atoms with Gasteiger partial charge in [-0.3, -0.25) is 9.59 Å². The molecule has 1 aliphatic rings. The van der Waals surface area contributed by atoms with Crippen molar-refractivity contribution in [3.8, 4) is 0 Å². The van der Waals surface area contributed by atoms with Crippen molar-refractivity contribution in [1.82, 2.24) is 10.2 Å². The van der Waals surface area contributed by atoms with Crippen molar-refractivity contribution in [2.45, 2.75) is 78.9 Å². The van der Waals surface area contributed by atoms with Gasteiger partial charge in [-0.15, -0.1) is 0 Å². The summed E-state index contributed by atoms with van der Waals surface area (Å²) in [5.41, 5.74) is -0.596. The minimum atomic E-state index is -0.622. The SMILES string of the molecule is CCC.CCC(=O)C1CCCN1C(=O)CNC(=O)OC(C)(C)C.[HH]. The van der Waals surface area contributed by atoms with Crippen LogP contribution >= 0.6 is 0 Å². The van der Waals surface area contributed by atoms with E-state index in [1.165, 1.54) is 6.42 Å². The highest BCUT2D eigenvalue weighted by molar-refractivity contribution is 5.91. The minimum absolute atomic E-state index is 0. The maximum atomic E-state index is 12.0. The quantitative estimate of drug-likeness (QED) is 0.859. The van der Waals surface area contributed by atoms with Gasteiger partial charge in [0.25, 0.3) is 0 Å². The van der Waals surface area contributed by atoms with Crippen LogP contribution in [0.5, 0.6) is 0 Å². The van der Waals surface area contributed by atoms with Gasteiger partial charge in [-0.25, -0.2) is 4.79 Å². The summed E-state index contributed by atoms with van der Waals surface area (Å²) in [4.78, 5) is 36.8. The van der Waals surface area contributed by atoms with E-state index in [0.29, 0.717) is 19.4 Å². The first-order valence-corrected chi connectivity index (χ1v) is 8.45. The number of hydrogen-bond donors (Lipinski definition) is 1. The van der Waals surface area contributed by atoms with Crippen molar-refractivity contribution < 1.29 is 20.5 Å². The molecule has 1 saturated heterocycles. The fourth-order valence-corrected chi connectivity index (χ4v) is 2.20. The highest BCUT2D eigenvalue weighted by Crippen LogP contribution is 2.19. The number of rotatable bonds is 4. The Bertz CT molecular complexity index is 408. The third kappa shape index (κ3) is 8.57. The Morgan fingerprint density at radius 2 is 1.78 bits per heavy atom. The van der Waals surface area contributed by atoms with E-state index < -0.39 is 11.7 Å². The minimum Gasteiger partial charge on any atom is -0.444 e. The largest absolute Gasteiger partial charge is 0.444 e. The van der Waals surface area contributed by atoms with Crippen LogP contribution < -0.4 is 5.32 Å². The number of Topliss-reactive ketones (excluding diaryl/α,β-unsaturated/α-hetero) is 1. The highest BCUT2D eigenvalue weighted by atomic mass is 16.6. The standard InChI is InChI=1S/C14H24N2O4.C3H8.H2/c1-5-11(17)10-7-6-8-16(10)12(18)9-15-13(19)20-14(2,3)4;1-3-2;/h10H,5-9H2,1-4H3,(H,15,19);3H2,1-2H3;1H. The van der Waals surface area contributed by atoms with Crippen molar-refractivity contribution in [2.75, 3.05) is 13.1 Å². The number of carbonyl (C=O) groups is 3. The van der Waals surface area contributed by atoms with Crippen LogP contribution in [0.25, 0.3) is 0 Å². The smallest absolute Gasteiger partial charge is 0.408 e. The van der Waals surface area contributed by atoms with E-state index in [2.05, 4.69) is 19.2 Å². The van der Waals surface area contributed by atoms with Crippen molar-refractivity contribution >= 4 is 17.8 Å². The molecule has 1 unspecified atom stereocenters. The predicted octanol–water partition coefficient (Wildman–Crippen LogP) is 3.14. The second-order valence-electron chi connectivity index (χ2n) is 6.63. The molecule has 1 rings (SSSR count). The molecule has 0 aromatic rings. The zero-order valence-corrected chi connectivity index (χ0v) is 15.4. The lowest BCUT2D eigenvalue weighted by Gasteiger charge is -2.24. The maximum Gasteiger partial charge on any atom is 0.408 e. The van der Waals surface area contributed by atoms with Crippen LogP contribution in [0.15, 0.2) is 0 Å². The lowest BCUT2D eigenvalue weighted by atomic mass is 10.1. The maximum absolute atomic E-state index is 12.0. The van der Waals surface area contributed by atoms with Gasteiger partial charge in [0.1, 0.15) is 12.1 Å². The summed E-state index contributed by atoms with van der Waals surface area (Å²) in [5.74, 6) is -0.159. The summed E-state index contributed by atoms with van der Waals surface area (Å²) in [7, 11) is 0. The van der Waals surface area contributed by atoms with Gasteiger partial charge in [-0.1, -0.05) is 27.2 Å². The molecule has 1 fully saturated rings. The van der Waals surface area contributed by atoms with Gasteiger partial charge < -0.3 is 15.0 Å². The van der Waals surface area contributed by atoms with Gasteiger partial charge >= 0.3 is 6.09 Å². The van der Waals surface area contributed by atoms with Crippen LogP contribution in [0.2, 0.25) is 0 Å². The summed E-state index contributed by atoms with van der Waals surface area (Å²) in [5, 5.41) is 2.43. The van der Waals surface area contributed by atoms with Gasteiger partial charge in [-0.2, -0.15) is 0 Å². The monoisotopic (exact) mass is 330 g/mol. The van der Waals surface area contributed by atoms with Crippen molar-refractivity contribution in [3.05, 3.63) is 0 Å². The molecule has 1 aliphatic heterocycles. The van der Waals surface area contributed by atoms with Crippen LogP contribution in [0.4, 0.5) is 4.79 Å². The number of nitrogens with zero attached hydrogens (tertiary/aromatic N) is 1. The highest BCUT2D eigenvalue weighted by Gasteiger charge is 2.32. The third-order valence-corrected chi connectivity index (χ3v) is 3.08. The predicted molar refractivity (Wildman–Crippen MR) is 92.3 cm³/mol. The Morgan fingerprint density at radius 1 is 1.22 bits per heavy atom. The molecule has 136 valence electrons. The fraction of sp³-hybridized carbons (Fsp3) is 0.824. The zero-order valence-electron chi connectivity index (χ0n) is 15.4. The second kappa shape index (κ2) is 10.2. The molecule has 1 N–H and O–H groups in total. The summed E-state index contributed by atoms with van der Waals surface area (Å²) < 4.78 is 5.06. The Kier molecular flexibility index (Phi) is 9.53. The van der Waals surface area contributed by atoms with E-state index in [-0.39, 0.29) is 25.7 Å². The van der Waals surface area contributed by atoms with Crippen LogP contribution in [0, 0.1) is 0 Å². The Morgan fingerprint density at radius 3 is 2.26 bits per heavy atom. The van der Waals surface area contributed by atoms with Crippen LogP contribution in [0.1, 0.15) is 68.7 Å². The average Bonchev–Trinajstić information content (AvgIpc) is 2.92. The summed E-state index contributed by atoms with van der Waals surface area (Å²) >= 11 is 0. The summed E-state index contributed by atoms with van der Waals surface area (Å²) in [6, 6.07) is -0.326. The fourth-order valence-electron chi connectivity index (χ4n) is 2.20. The first-order valence-electron chi connectivity index (χ1n) is 8.45. The third-order valence-electron chi connectivity index (χ3n) is 3.08. The number of carbonyl (C=O) groups excluding carboxylic acids is 3. The molecule has 0 radical (unpaired) electrons. The number of likely N-dealkylation sites (tertiary alicyclic amines) is 1. The molecule has 0 saturated carbocycles. The van der Waals surface area contributed by atoms with Gasteiger partial charge in [-0.05, 0) is 33.6 Å². The molecule has 6 heteroatoms. The topological polar surface area (TPSA) is 75.7 Å². The van der Waals surface area contributed by atoms with Gasteiger partial charge in [0.05, 0.1) is 6.04 Å². The van der Waals surface area contributed by atoms with E-state index in [1.54, 1.807) is 32.6 Å². The van der Waals surface area contributed by atoms with Crippen molar-refractivity contribution in [1.29, 1.82) is 0 Å². The number of alkyl carbamates (subject to hydrolysis) is 1. The van der Waals surface area contributed by atoms with E-state index >= 15 is 0 Å². The van der Waals surface area contributed by atoms with E-state index in [4.69, 9.17) is 4.74 Å². The lowest BCUT2D eigenvalue weighted by Crippen LogP contribution is -2.46. The molecule has 1 atom stereocenters. The summed E-state index contributed by atoms with van der Waals surface area (Å²) in [6.45, 7) is 11.7. The van der Waals surface area contributed by atoms with E-state index in [9.17, 15) is 14.4 Å². The molecule has 6 nitrogen and oxygen atoms in total. The molecule has 2 amide bonds. The average molecular weight is 330 g/mol. The normalized spacial score (nSPS) is 17.1. The van der Waals surface area contributed by atoms with Crippen molar-refractivity contribution in [3.63, 3.8) is 0 Å². The molecular weight excluding hydrogens is 296 g/mol. The first-order chi connectivity index (χ1) is 10.7. The number of nitrogens with one attached hydrogen (secondary N) is 1. The summed E-state index contributed by atoms with van der Waals surface area (Å²) in [6.07, 6.45) is 2.59. The molecule has 0 aliphatic carbocycles. The lowest BCUT2D eigenvalue weighted by molar-refractivity contribution is -0.136. The first kappa shape index (κ1) is 21.4. The van der Waals surface area contributed by atoms with Gasteiger partial charge in [0, 0.05) is 14.4 Å². The number of hydrogen-bond acceptors (Lipinski definition) is 4. The van der Waals surface area contributed by atoms with Crippen LogP contribution in [0.3, 0.4) is 0 Å². The Labute approximate surface area is 141 Å². The zero-order chi connectivity index (χ0) is 18.0. The molecular formula is C17H34N2O4. The van der Waals surface area contributed by atoms with E-state index in [0.717, 1.165) is 6.42 Å². The van der Waals surface area contributed by atoms with E-state index in [1.807, 2.05) is 0 Å².